The third kappa shape index (κ3) is 4.29. The zero-order valence-corrected chi connectivity index (χ0v) is 10.1. The highest BCUT2D eigenvalue weighted by atomic mass is 32.2. The van der Waals surface area contributed by atoms with Crippen LogP contribution in [0.3, 0.4) is 0 Å². The van der Waals surface area contributed by atoms with E-state index in [2.05, 4.69) is 37.2 Å². The molecule has 2 unspecified atom stereocenters. The molecule has 0 saturated carbocycles. The molecule has 1 aliphatic heterocycles. The number of nitrogens with one attached hydrogen (secondary N) is 1. The number of nitrogens with zero attached hydrogens (tertiary/aromatic N) is 1. The van der Waals surface area contributed by atoms with Crippen molar-refractivity contribution in [3.05, 3.63) is 11.0 Å². The van der Waals surface area contributed by atoms with E-state index in [1.54, 1.807) is 0 Å². The van der Waals surface area contributed by atoms with Gasteiger partial charge in [-0.1, -0.05) is 19.9 Å². The zero-order chi connectivity index (χ0) is 10.4. The Labute approximate surface area is 91.3 Å². The fraction of sp³-hybridized carbons (Fsp3) is 0.727. The lowest BCUT2D eigenvalue weighted by Gasteiger charge is -2.21. The van der Waals surface area contributed by atoms with Crippen molar-refractivity contribution in [3.8, 4) is 0 Å². The van der Waals surface area contributed by atoms with Crippen molar-refractivity contribution < 1.29 is 0 Å². The van der Waals surface area contributed by atoms with Crippen LogP contribution in [0.25, 0.3) is 0 Å². The highest BCUT2D eigenvalue weighted by Crippen LogP contribution is 2.33. The number of hydrogen-bond acceptors (Lipinski definition) is 3. The first-order chi connectivity index (χ1) is 6.72. The van der Waals surface area contributed by atoms with Gasteiger partial charge >= 0.3 is 0 Å². The van der Waals surface area contributed by atoms with Crippen LogP contribution in [0, 0.1) is 5.92 Å². The predicted molar refractivity (Wildman–Crippen MR) is 66.0 cm³/mol. The SMILES string of the molecule is CCNCC=NC1CC(C)C=C(C)S1. The summed E-state index contributed by atoms with van der Waals surface area (Å²) in [6, 6.07) is 0. The van der Waals surface area contributed by atoms with Crippen molar-refractivity contribution >= 4 is 18.0 Å². The van der Waals surface area contributed by atoms with Gasteiger partial charge in [0.25, 0.3) is 0 Å². The van der Waals surface area contributed by atoms with E-state index in [-0.39, 0.29) is 0 Å². The second-order valence-corrected chi connectivity index (χ2v) is 5.13. The quantitative estimate of drug-likeness (QED) is 0.572. The molecule has 0 aromatic carbocycles. The molecule has 0 aromatic heterocycles. The van der Waals surface area contributed by atoms with E-state index in [0.717, 1.165) is 13.1 Å². The van der Waals surface area contributed by atoms with E-state index in [4.69, 9.17) is 0 Å². The van der Waals surface area contributed by atoms with Crippen molar-refractivity contribution in [1.29, 1.82) is 0 Å². The van der Waals surface area contributed by atoms with Gasteiger partial charge in [0.1, 0.15) is 0 Å². The van der Waals surface area contributed by atoms with Gasteiger partial charge < -0.3 is 5.32 Å². The van der Waals surface area contributed by atoms with E-state index < -0.39 is 0 Å². The maximum Gasteiger partial charge on any atom is 0.0996 e. The van der Waals surface area contributed by atoms with Crippen LogP contribution in [0.5, 0.6) is 0 Å². The first-order valence-electron chi connectivity index (χ1n) is 5.29. The van der Waals surface area contributed by atoms with Crippen molar-refractivity contribution in [2.45, 2.75) is 32.6 Å². The van der Waals surface area contributed by atoms with Gasteiger partial charge in [-0.2, -0.15) is 0 Å². The van der Waals surface area contributed by atoms with Crippen molar-refractivity contribution in [2.75, 3.05) is 13.1 Å². The van der Waals surface area contributed by atoms with Gasteiger partial charge in [-0.3, -0.25) is 4.99 Å². The van der Waals surface area contributed by atoms with E-state index in [0.29, 0.717) is 11.3 Å². The van der Waals surface area contributed by atoms with Crippen molar-refractivity contribution in [1.82, 2.24) is 5.32 Å². The second kappa shape index (κ2) is 6.25. The molecule has 80 valence electrons. The standard InChI is InChI=1S/C11H20N2S/c1-4-12-5-6-13-11-8-9(2)7-10(3)14-11/h6-7,9,11-12H,4-5,8H2,1-3H3. The molecule has 0 aliphatic carbocycles. The molecule has 0 bridgehead atoms. The van der Waals surface area contributed by atoms with E-state index >= 15 is 0 Å². The summed E-state index contributed by atoms with van der Waals surface area (Å²) < 4.78 is 0. The molecular formula is C11H20N2S. The summed E-state index contributed by atoms with van der Waals surface area (Å²) in [5.41, 5.74) is 0. The summed E-state index contributed by atoms with van der Waals surface area (Å²) in [5, 5.41) is 3.68. The Balaban J connectivity index is 2.32. The minimum absolute atomic E-state index is 0.439. The predicted octanol–water partition coefficient (Wildman–Crippen LogP) is 2.67. The summed E-state index contributed by atoms with van der Waals surface area (Å²) in [6.45, 7) is 8.45. The Bertz CT molecular complexity index is 223. The van der Waals surface area contributed by atoms with Crippen LogP contribution < -0.4 is 5.32 Å². The molecule has 0 amide bonds. The van der Waals surface area contributed by atoms with Gasteiger partial charge in [-0.15, -0.1) is 11.8 Å². The van der Waals surface area contributed by atoms with Gasteiger partial charge in [0.05, 0.1) is 5.37 Å². The molecule has 14 heavy (non-hydrogen) atoms. The number of aliphatic imine (C=N–C) groups is 1. The molecule has 3 heteroatoms. The fourth-order valence-electron chi connectivity index (χ4n) is 1.56. The molecule has 0 aromatic rings. The lowest BCUT2D eigenvalue weighted by Crippen LogP contribution is -2.17. The molecule has 1 heterocycles. The first-order valence-corrected chi connectivity index (χ1v) is 6.17. The third-order valence-corrected chi connectivity index (χ3v) is 3.27. The number of allylic oxidation sites excluding steroid dienone is 2. The monoisotopic (exact) mass is 212 g/mol. The van der Waals surface area contributed by atoms with Crippen LogP contribution in [0.4, 0.5) is 0 Å². The Morgan fingerprint density at radius 3 is 3.14 bits per heavy atom. The Hall–Kier alpha value is -0.280. The van der Waals surface area contributed by atoms with Gasteiger partial charge in [0.15, 0.2) is 0 Å². The Morgan fingerprint density at radius 1 is 1.71 bits per heavy atom. The third-order valence-electron chi connectivity index (χ3n) is 2.17. The molecule has 1 aliphatic rings. The fourth-order valence-corrected chi connectivity index (χ4v) is 2.85. The van der Waals surface area contributed by atoms with Gasteiger partial charge in [0.2, 0.25) is 0 Å². The minimum atomic E-state index is 0.439. The lowest BCUT2D eigenvalue weighted by molar-refractivity contribution is 0.625. The summed E-state index contributed by atoms with van der Waals surface area (Å²) >= 11 is 1.88. The molecule has 0 saturated heterocycles. The first kappa shape index (κ1) is 11.8. The summed E-state index contributed by atoms with van der Waals surface area (Å²) in [5.74, 6) is 0.678. The maximum absolute atomic E-state index is 4.56. The Morgan fingerprint density at radius 2 is 2.50 bits per heavy atom. The van der Waals surface area contributed by atoms with Gasteiger partial charge in [0, 0.05) is 12.8 Å². The van der Waals surface area contributed by atoms with Crippen LogP contribution in [0.2, 0.25) is 0 Å². The summed E-state index contributed by atoms with van der Waals surface area (Å²) in [7, 11) is 0. The smallest absolute Gasteiger partial charge is 0.0996 e. The molecule has 0 fully saturated rings. The van der Waals surface area contributed by atoms with E-state index in [1.807, 2.05) is 18.0 Å². The normalized spacial score (nSPS) is 28.1. The molecule has 2 atom stereocenters. The number of hydrogen-bond donors (Lipinski definition) is 1. The molecular weight excluding hydrogens is 192 g/mol. The summed E-state index contributed by atoms with van der Waals surface area (Å²) in [4.78, 5) is 5.97. The largest absolute Gasteiger partial charge is 0.312 e. The average Bonchev–Trinajstić information content (AvgIpc) is 2.11. The highest BCUT2D eigenvalue weighted by Gasteiger charge is 2.16. The molecule has 2 nitrogen and oxygen atoms in total. The van der Waals surface area contributed by atoms with Crippen LogP contribution in [0.1, 0.15) is 27.2 Å². The van der Waals surface area contributed by atoms with Crippen molar-refractivity contribution in [2.24, 2.45) is 10.9 Å². The van der Waals surface area contributed by atoms with Crippen LogP contribution in [-0.4, -0.2) is 24.7 Å². The molecule has 0 radical (unpaired) electrons. The second-order valence-electron chi connectivity index (χ2n) is 3.70. The molecule has 1 N–H and O–H groups in total. The van der Waals surface area contributed by atoms with Gasteiger partial charge in [-0.05, 0) is 30.7 Å². The number of rotatable bonds is 4. The van der Waals surface area contributed by atoms with Crippen LogP contribution in [-0.2, 0) is 0 Å². The highest BCUT2D eigenvalue weighted by molar-refractivity contribution is 8.03. The topological polar surface area (TPSA) is 24.4 Å². The molecule has 1 rings (SSSR count). The lowest BCUT2D eigenvalue weighted by atomic mass is 10.1. The Kier molecular flexibility index (Phi) is 5.26. The van der Waals surface area contributed by atoms with Gasteiger partial charge in [-0.25, -0.2) is 0 Å². The van der Waals surface area contributed by atoms with Crippen molar-refractivity contribution in [3.63, 3.8) is 0 Å². The zero-order valence-electron chi connectivity index (χ0n) is 9.29. The van der Waals surface area contributed by atoms with Crippen LogP contribution in [0.15, 0.2) is 16.0 Å². The van der Waals surface area contributed by atoms with E-state index in [9.17, 15) is 0 Å². The minimum Gasteiger partial charge on any atom is -0.312 e. The number of thioether (sulfide) groups is 1. The summed E-state index contributed by atoms with van der Waals surface area (Å²) in [6.07, 6.45) is 5.51. The van der Waals surface area contributed by atoms with E-state index in [1.165, 1.54) is 11.3 Å². The molecule has 0 spiro atoms. The maximum atomic E-state index is 4.56. The average molecular weight is 212 g/mol. The van der Waals surface area contributed by atoms with Crippen LogP contribution >= 0.6 is 11.8 Å².